The van der Waals surface area contributed by atoms with Gasteiger partial charge in [0.15, 0.2) is 0 Å². The zero-order valence-corrected chi connectivity index (χ0v) is 12.9. The van der Waals surface area contributed by atoms with Gasteiger partial charge in [-0.25, -0.2) is 4.79 Å². The number of amides is 3. The van der Waals surface area contributed by atoms with Gasteiger partial charge in [0.05, 0.1) is 6.42 Å². The molecule has 0 saturated heterocycles. The predicted octanol–water partition coefficient (Wildman–Crippen LogP) is 0.750. The number of carboxylic acid groups (broad SMARTS) is 1. The lowest BCUT2D eigenvalue weighted by molar-refractivity contribution is -0.138. The Morgan fingerprint density at radius 1 is 1.20 bits per heavy atom. The Bertz CT molecular complexity index is 367. The first-order valence-electron chi connectivity index (χ1n) is 6.58. The number of carboxylic acids is 1. The van der Waals surface area contributed by atoms with Gasteiger partial charge in [0.2, 0.25) is 5.91 Å². The number of likely N-dealkylation sites (N-methyl/N-ethyl adjacent to an activating group) is 1. The lowest BCUT2D eigenvalue weighted by atomic mass is 10.0. The Balaban J connectivity index is 4.72. The van der Waals surface area contributed by atoms with Crippen LogP contribution in [0.25, 0.3) is 0 Å². The minimum Gasteiger partial charge on any atom is -0.481 e. The molecule has 0 aliphatic carbocycles. The molecular formula is C13H25N3O4. The molecule has 2 N–H and O–H groups in total. The van der Waals surface area contributed by atoms with E-state index in [-0.39, 0.29) is 18.9 Å². The summed E-state index contributed by atoms with van der Waals surface area (Å²) in [6.45, 7) is 5.60. The SMILES string of the molecule is CCCN(CC(=O)N(C)C)C(=O)NC(C)(C)CC(=O)O. The first-order chi connectivity index (χ1) is 9.09. The molecule has 0 rings (SSSR count). The number of rotatable bonds is 7. The molecule has 0 aromatic carbocycles. The highest BCUT2D eigenvalue weighted by Crippen LogP contribution is 2.09. The van der Waals surface area contributed by atoms with E-state index in [1.807, 2.05) is 6.92 Å². The molecule has 0 spiro atoms. The number of nitrogens with one attached hydrogen (secondary N) is 1. The van der Waals surface area contributed by atoms with Crippen LogP contribution in [0, 0.1) is 0 Å². The van der Waals surface area contributed by atoms with Crippen LogP contribution in [-0.4, -0.2) is 65.5 Å². The van der Waals surface area contributed by atoms with Crippen molar-refractivity contribution in [3.8, 4) is 0 Å². The Morgan fingerprint density at radius 3 is 2.15 bits per heavy atom. The summed E-state index contributed by atoms with van der Waals surface area (Å²) in [6.07, 6.45) is 0.536. The average Bonchev–Trinajstić information content (AvgIpc) is 2.25. The normalized spacial score (nSPS) is 10.8. The van der Waals surface area contributed by atoms with Crippen molar-refractivity contribution < 1.29 is 19.5 Å². The van der Waals surface area contributed by atoms with Gasteiger partial charge in [0.25, 0.3) is 0 Å². The molecule has 3 amide bonds. The number of nitrogens with zero attached hydrogens (tertiary/aromatic N) is 2. The second-order valence-electron chi connectivity index (χ2n) is 5.59. The molecule has 7 nitrogen and oxygen atoms in total. The molecule has 0 bridgehead atoms. The first kappa shape index (κ1) is 18.2. The highest BCUT2D eigenvalue weighted by molar-refractivity contribution is 5.84. The summed E-state index contributed by atoms with van der Waals surface area (Å²) in [6, 6.07) is -0.423. The minimum atomic E-state index is -0.985. The van der Waals surface area contributed by atoms with E-state index in [0.29, 0.717) is 13.0 Å². The fourth-order valence-corrected chi connectivity index (χ4v) is 1.62. The maximum absolute atomic E-state index is 12.1. The maximum Gasteiger partial charge on any atom is 0.318 e. The Kier molecular flexibility index (Phi) is 7.02. The summed E-state index contributed by atoms with van der Waals surface area (Å²) in [5.74, 6) is -1.16. The van der Waals surface area contributed by atoms with E-state index in [9.17, 15) is 14.4 Å². The van der Waals surface area contributed by atoms with Crippen molar-refractivity contribution in [2.45, 2.75) is 39.2 Å². The smallest absolute Gasteiger partial charge is 0.318 e. The Labute approximate surface area is 119 Å². The average molecular weight is 287 g/mol. The van der Waals surface area contributed by atoms with Crippen LogP contribution < -0.4 is 5.32 Å². The Hall–Kier alpha value is -1.79. The molecule has 0 radical (unpaired) electrons. The Morgan fingerprint density at radius 2 is 1.75 bits per heavy atom. The number of carbonyl (C=O) groups is 3. The monoisotopic (exact) mass is 287 g/mol. The quantitative estimate of drug-likeness (QED) is 0.723. The molecule has 116 valence electrons. The molecule has 0 fully saturated rings. The van der Waals surface area contributed by atoms with Crippen LogP contribution in [0.5, 0.6) is 0 Å². The molecule has 0 aliphatic heterocycles. The number of hydrogen-bond donors (Lipinski definition) is 2. The van der Waals surface area contributed by atoms with Crippen LogP contribution in [0.2, 0.25) is 0 Å². The summed E-state index contributed by atoms with van der Waals surface area (Å²) >= 11 is 0. The number of hydrogen-bond acceptors (Lipinski definition) is 3. The van der Waals surface area contributed by atoms with Gasteiger partial charge >= 0.3 is 12.0 Å². The van der Waals surface area contributed by atoms with Gasteiger partial charge in [-0.3, -0.25) is 9.59 Å². The largest absolute Gasteiger partial charge is 0.481 e. The second kappa shape index (κ2) is 7.72. The van der Waals surface area contributed by atoms with Gasteiger partial charge in [-0.2, -0.15) is 0 Å². The third-order valence-corrected chi connectivity index (χ3v) is 2.64. The van der Waals surface area contributed by atoms with Crippen molar-refractivity contribution in [3.05, 3.63) is 0 Å². The fraction of sp³-hybridized carbons (Fsp3) is 0.769. The molecule has 0 aromatic rings. The van der Waals surface area contributed by atoms with Crippen LogP contribution in [0.3, 0.4) is 0 Å². The highest BCUT2D eigenvalue weighted by atomic mass is 16.4. The molecule has 0 atom stereocenters. The van der Waals surface area contributed by atoms with Crippen molar-refractivity contribution in [1.29, 1.82) is 0 Å². The van der Waals surface area contributed by atoms with Gasteiger partial charge in [0.1, 0.15) is 6.54 Å². The van der Waals surface area contributed by atoms with E-state index in [1.165, 1.54) is 9.80 Å². The summed E-state index contributed by atoms with van der Waals surface area (Å²) in [5.41, 5.74) is -0.865. The van der Waals surface area contributed by atoms with Gasteiger partial charge in [-0.05, 0) is 20.3 Å². The van der Waals surface area contributed by atoms with Crippen LogP contribution in [0.15, 0.2) is 0 Å². The topological polar surface area (TPSA) is 90.0 Å². The van der Waals surface area contributed by atoms with Crippen molar-refractivity contribution >= 4 is 17.9 Å². The van der Waals surface area contributed by atoms with E-state index in [4.69, 9.17) is 5.11 Å². The van der Waals surface area contributed by atoms with Gasteiger partial charge in [0, 0.05) is 26.2 Å². The molecule has 0 unspecified atom stereocenters. The lowest BCUT2D eigenvalue weighted by Crippen LogP contribution is -2.53. The van der Waals surface area contributed by atoms with E-state index in [0.717, 1.165) is 0 Å². The van der Waals surface area contributed by atoms with Crippen LogP contribution in [0.1, 0.15) is 33.6 Å². The number of urea groups is 1. The minimum absolute atomic E-state index is 0.0180. The zero-order chi connectivity index (χ0) is 15.9. The third-order valence-electron chi connectivity index (χ3n) is 2.64. The van der Waals surface area contributed by atoms with Crippen molar-refractivity contribution in [3.63, 3.8) is 0 Å². The summed E-state index contributed by atoms with van der Waals surface area (Å²) in [5, 5.41) is 11.4. The summed E-state index contributed by atoms with van der Waals surface area (Å²) in [7, 11) is 3.25. The van der Waals surface area contributed by atoms with Crippen LogP contribution in [0.4, 0.5) is 4.79 Å². The second-order valence-corrected chi connectivity index (χ2v) is 5.59. The molecule has 20 heavy (non-hydrogen) atoms. The van der Waals surface area contributed by atoms with Gasteiger partial charge in [-0.15, -0.1) is 0 Å². The molecule has 0 heterocycles. The van der Waals surface area contributed by atoms with E-state index < -0.39 is 17.5 Å². The van der Waals surface area contributed by atoms with E-state index >= 15 is 0 Å². The molecule has 0 saturated carbocycles. The van der Waals surface area contributed by atoms with Crippen LogP contribution >= 0.6 is 0 Å². The van der Waals surface area contributed by atoms with E-state index in [1.54, 1.807) is 27.9 Å². The highest BCUT2D eigenvalue weighted by Gasteiger charge is 2.27. The maximum atomic E-state index is 12.1. The van der Waals surface area contributed by atoms with Crippen LogP contribution in [-0.2, 0) is 9.59 Å². The lowest BCUT2D eigenvalue weighted by Gasteiger charge is -2.30. The number of carbonyl (C=O) groups excluding carboxylic acids is 2. The zero-order valence-electron chi connectivity index (χ0n) is 12.9. The van der Waals surface area contributed by atoms with Crippen molar-refractivity contribution in [1.82, 2.24) is 15.1 Å². The summed E-state index contributed by atoms with van der Waals surface area (Å²) < 4.78 is 0. The number of aliphatic carboxylic acids is 1. The standard InChI is InChI=1S/C13H25N3O4/c1-6-7-16(9-10(17)15(4)5)12(20)14-13(2,3)8-11(18)19/h6-9H2,1-5H3,(H,14,20)(H,18,19). The molecule has 7 heteroatoms. The van der Waals surface area contributed by atoms with Gasteiger partial charge < -0.3 is 20.2 Å². The van der Waals surface area contributed by atoms with E-state index in [2.05, 4.69) is 5.32 Å². The fourth-order valence-electron chi connectivity index (χ4n) is 1.62. The first-order valence-corrected chi connectivity index (χ1v) is 6.58. The molecular weight excluding hydrogens is 262 g/mol. The molecule has 0 aromatic heterocycles. The predicted molar refractivity (Wildman–Crippen MR) is 75.4 cm³/mol. The van der Waals surface area contributed by atoms with Crippen molar-refractivity contribution in [2.75, 3.05) is 27.2 Å². The molecule has 0 aliphatic rings. The third kappa shape index (κ3) is 6.96. The van der Waals surface area contributed by atoms with Crippen molar-refractivity contribution in [2.24, 2.45) is 0 Å². The summed E-state index contributed by atoms with van der Waals surface area (Å²) in [4.78, 5) is 37.4. The van der Waals surface area contributed by atoms with Gasteiger partial charge in [-0.1, -0.05) is 6.92 Å².